The molecule has 2 heterocycles. The van der Waals surface area contributed by atoms with Crippen LogP contribution < -0.4 is 0 Å². The number of rotatable bonds is 6. The summed E-state index contributed by atoms with van der Waals surface area (Å²) in [5.74, 6) is -1.18. The molecule has 0 N–H and O–H groups in total. The van der Waals surface area contributed by atoms with Crippen LogP contribution >= 0.6 is 0 Å². The summed E-state index contributed by atoms with van der Waals surface area (Å²) in [7, 11) is 1.43. The topological polar surface area (TPSA) is 89.5 Å². The molecule has 6 atom stereocenters. The number of fused-ring (bicyclic) bond motifs is 1. The molecule has 0 aromatic heterocycles. The zero-order valence-corrected chi connectivity index (χ0v) is 19.6. The van der Waals surface area contributed by atoms with Gasteiger partial charge in [-0.3, -0.25) is 0 Å². The fraction of sp³-hybridized carbons (Fsp3) is 0.286. The van der Waals surface area contributed by atoms with E-state index in [-0.39, 0.29) is 6.61 Å². The summed E-state index contributed by atoms with van der Waals surface area (Å²) in [6.07, 6.45) is -5.23. The molecule has 0 saturated carbocycles. The summed E-state index contributed by atoms with van der Waals surface area (Å²) >= 11 is 0. The van der Waals surface area contributed by atoms with Gasteiger partial charge in [-0.1, -0.05) is 66.7 Å². The van der Waals surface area contributed by atoms with Crippen molar-refractivity contribution in [2.45, 2.75) is 37.0 Å². The minimum atomic E-state index is -1.09. The van der Waals surface area contributed by atoms with Gasteiger partial charge < -0.3 is 28.4 Å². The van der Waals surface area contributed by atoms with Crippen LogP contribution in [0.15, 0.2) is 91.0 Å². The Labute approximate surface area is 208 Å². The number of benzene rings is 3. The predicted molar refractivity (Wildman–Crippen MR) is 127 cm³/mol. The number of esters is 2. The van der Waals surface area contributed by atoms with Gasteiger partial charge in [0.05, 0.1) is 17.7 Å². The Hall–Kier alpha value is -3.56. The molecule has 0 spiro atoms. The number of hydrogen-bond acceptors (Lipinski definition) is 8. The van der Waals surface area contributed by atoms with Gasteiger partial charge in [-0.25, -0.2) is 9.59 Å². The number of carbonyl (C=O) groups excluding carboxylic acids is 2. The highest BCUT2D eigenvalue weighted by atomic mass is 16.8. The zero-order chi connectivity index (χ0) is 24.9. The van der Waals surface area contributed by atoms with Crippen LogP contribution in [0.5, 0.6) is 0 Å². The van der Waals surface area contributed by atoms with Gasteiger partial charge in [0.2, 0.25) is 0 Å². The van der Waals surface area contributed by atoms with Crippen LogP contribution in [0.3, 0.4) is 0 Å². The maximum absolute atomic E-state index is 13.1. The molecule has 2 aliphatic heterocycles. The summed E-state index contributed by atoms with van der Waals surface area (Å²) in [4.78, 5) is 26.1. The van der Waals surface area contributed by atoms with Gasteiger partial charge in [-0.15, -0.1) is 0 Å². The summed E-state index contributed by atoms with van der Waals surface area (Å²) in [5.41, 5.74) is 1.50. The van der Waals surface area contributed by atoms with E-state index >= 15 is 0 Å². The standard InChI is InChI=1S/C28H26O8/c1-31-28-24(35-26(30)19-13-7-3-8-14-19)23(34-25(29)18-11-5-2-6-12-18)22-21(33-28)17-32-27(36-22)20-15-9-4-10-16-20/h2-16,21-24,27-28H,17H2,1H3/t21-,22+,23+,24+,27+,28-/m1/s1. The first-order valence-corrected chi connectivity index (χ1v) is 11.7. The molecular weight excluding hydrogens is 464 g/mol. The maximum Gasteiger partial charge on any atom is 0.338 e. The van der Waals surface area contributed by atoms with Gasteiger partial charge in [0.25, 0.3) is 0 Å². The van der Waals surface area contributed by atoms with Crippen molar-refractivity contribution in [1.82, 2.24) is 0 Å². The molecule has 2 fully saturated rings. The highest BCUT2D eigenvalue weighted by Gasteiger charge is 2.54. The monoisotopic (exact) mass is 490 g/mol. The second kappa shape index (κ2) is 11.0. The summed E-state index contributed by atoms with van der Waals surface area (Å²) < 4.78 is 35.5. The second-order valence-corrected chi connectivity index (χ2v) is 8.43. The highest BCUT2D eigenvalue weighted by molar-refractivity contribution is 5.90. The van der Waals surface area contributed by atoms with Gasteiger partial charge in [0, 0.05) is 12.7 Å². The molecule has 2 saturated heterocycles. The Balaban J connectivity index is 1.46. The average Bonchev–Trinajstić information content (AvgIpc) is 2.95. The molecule has 3 aromatic rings. The van der Waals surface area contributed by atoms with Crippen LogP contribution in [0, 0.1) is 0 Å². The van der Waals surface area contributed by atoms with Crippen LogP contribution in [-0.2, 0) is 28.4 Å². The Morgan fingerprint density at radius 3 is 1.81 bits per heavy atom. The van der Waals surface area contributed by atoms with Gasteiger partial charge in [-0.2, -0.15) is 0 Å². The Kier molecular flexibility index (Phi) is 7.39. The summed E-state index contributed by atoms with van der Waals surface area (Å²) in [6.45, 7) is 0.169. The summed E-state index contributed by atoms with van der Waals surface area (Å²) in [6, 6.07) is 26.5. The van der Waals surface area contributed by atoms with E-state index in [1.165, 1.54) is 7.11 Å². The van der Waals surface area contributed by atoms with Gasteiger partial charge >= 0.3 is 11.9 Å². The van der Waals surface area contributed by atoms with Crippen LogP contribution in [-0.4, -0.2) is 56.4 Å². The predicted octanol–water partition coefficient (Wildman–Crippen LogP) is 3.92. The molecule has 0 amide bonds. The van der Waals surface area contributed by atoms with Gasteiger partial charge in [0.15, 0.2) is 24.8 Å². The van der Waals surface area contributed by atoms with E-state index in [1.54, 1.807) is 60.7 Å². The molecule has 8 heteroatoms. The first-order chi connectivity index (χ1) is 17.6. The SMILES string of the molecule is CO[C@@H]1O[C@@H]2CO[C@H](c3ccccc3)O[C@@H]2[C@H](OC(=O)c2ccccc2)[C@@H]1OC(=O)c1ccccc1. The number of ether oxygens (including phenoxy) is 6. The molecule has 2 aliphatic rings. The third-order valence-corrected chi connectivity index (χ3v) is 6.09. The second-order valence-electron chi connectivity index (χ2n) is 8.43. The lowest BCUT2D eigenvalue weighted by molar-refractivity contribution is -0.356. The smallest absolute Gasteiger partial charge is 0.338 e. The zero-order valence-electron chi connectivity index (χ0n) is 19.6. The van der Waals surface area contributed by atoms with Crippen molar-refractivity contribution in [2.75, 3.05) is 13.7 Å². The van der Waals surface area contributed by atoms with Crippen LogP contribution in [0.1, 0.15) is 32.6 Å². The Morgan fingerprint density at radius 1 is 0.722 bits per heavy atom. The number of carbonyl (C=O) groups is 2. The molecule has 0 bridgehead atoms. The van der Waals surface area contributed by atoms with Crippen molar-refractivity contribution in [1.29, 1.82) is 0 Å². The lowest BCUT2D eigenvalue weighted by atomic mass is 9.97. The van der Waals surface area contributed by atoms with Gasteiger partial charge in [-0.05, 0) is 24.3 Å². The van der Waals surface area contributed by atoms with Crippen molar-refractivity contribution >= 4 is 11.9 Å². The van der Waals surface area contributed by atoms with Crippen LogP contribution in [0.4, 0.5) is 0 Å². The number of hydrogen-bond donors (Lipinski definition) is 0. The van der Waals surface area contributed by atoms with Crippen molar-refractivity contribution in [3.8, 4) is 0 Å². The first-order valence-electron chi connectivity index (χ1n) is 11.7. The third kappa shape index (κ3) is 5.17. The fourth-order valence-electron chi connectivity index (χ4n) is 4.31. The third-order valence-electron chi connectivity index (χ3n) is 6.09. The van der Waals surface area contributed by atoms with E-state index in [0.717, 1.165) is 5.56 Å². The maximum atomic E-state index is 13.1. The molecule has 8 nitrogen and oxygen atoms in total. The average molecular weight is 491 g/mol. The molecule has 5 rings (SSSR count). The molecule has 0 radical (unpaired) electrons. The van der Waals surface area contributed by atoms with Crippen molar-refractivity contribution in [3.05, 3.63) is 108 Å². The fourth-order valence-corrected chi connectivity index (χ4v) is 4.31. The largest absolute Gasteiger partial charge is 0.452 e. The summed E-state index contributed by atoms with van der Waals surface area (Å²) in [5, 5.41) is 0. The van der Waals surface area contributed by atoms with Crippen molar-refractivity contribution in [3.63, 3.8) is 0 Å². The minimum absolute atomic E-state index is 0.169. The molecule has 186 valence electrons. The van der Waals surface area contributed by atoms with E-state index < -0.39 is 48.9 Å². The Morgan fingerprint density at radius 2 is 1.25 bits per heavy atom. The normalized spacial score (nSPS) is 27.5. The number of methoxy groups -OCH3 is 1. The molecular formula is C28H26O8. The first kappa shape index (κ1) is 24.1. The lowest BCUT2D eigenvalue weighted by Gasteiger charge is -2.47. The van der Waals surface area contributed by atoms with Crippen LogP contribution in [0.25, 0.3) is 0 Å². The van der Waals surface area contributed by atoms with Crippen molar-refractivity contribution in [2.24, 2.45) is 0 Å². The molecule has 0 unspecified atom stereocenters. The molecule has 3 aromatic carbocycles. The van der Waals surface area contributed by atoms with E-state index in [0.29, 0.717) is 11.1 Å². The lowest BCUT2D eigenvalue weighted by Crippen LogP contribution is -2.64. The molecule has 36 heavy (non-hydrogen) atoms. The quantitative estimate of drug-likeness (QED) is 0.481. The Bertz CT molecular complexity index is 1150. The highest BCUT2D eigenvalue weighted by Crippen LogP contribution is 2.37. The van der Waals surface area contributed by atoms with Crippen LogP contribution in [0.2, 0.25) is 0 Å². The molecule has 0 aliphatic carbocycles. The van der Waals surface area contributed by atoms with E-state index in [1.807, 2.05) is 30.3 Å². The minimum Gasteiger partial charge on any atom is -0.452 e. The van der Waals surface area contributed by atoms with E-state index in [2.05, 4.69) is 0 Å². The van der Waals surface area contributed by atoms with Gasteiger partial charge in [0.1, 0.15) is 12.2 Å². The van der Waals surface area contributed by atoms with Crippen molar-refractivity contribution < 1.29 is 38.0 Å². The van der Waals surface area contributed by atoms with E-state index in [4.69, 9.17) is 28.4 Å². The van der Waals surface area contributed by atoms with E-state index in [9.17, 15) is 9.59 Å².